The van der Waals surface area contributed by atoms with Gasteiger partial charge in [-0.2, -0.15) is 0 Å². The maximum atomic E-state index is 12.2. The second-order valence-electron chi connectivity index (χ2n) is 5.11. The standard InChI is InChI=1S/C12H22N2O4/c1-8-4-5-14(10(8)7-15)12(18)13(3)6-9(2)11(16)17/h8-10,15H,4-7H2,1-3H3,(H,16,17). The second-order valence-corrected chi connectivity index (χ2v) is 5.11. The normalized spacial score (nSPS) is 25.0. The Morgan fingerprint density at radius 2 is 2.11 bits per heavy atom. The Hall–Kier alpha value is -1.30. The van der Waals surface area contributed by atoms with E-state index in [0.29, 0.717) is 6.54 Å². The summed E-state index contributed by atoms with van der Waals surface area (Å²) in [7, 11) is 1.60. The topological polar surface area (TPSA) is 81.1 Å². The van der Waals surface area contributed by atoms with Crippen LogP contribution in [0.25, 0.3) is 0 Å². The van der Waals surface area contributed by atoms with E-state index in [-0.39, 0.29) is 31.1 Å². The van der Waals surface area contributed by atoms with Crippen LogP contribution < -0.4 is 0 Å². The van der Waals surface area contributed by atoms with Crippen LogP contribution in [0.2, 0.25) is 0 Å². The van der Waals surface area contributed by atoms with Crippen molar-refractivity contribution in [1.82, 2.24) is 9.80 Å². The predicted octanol–water partition coefficient (Wildman–Crippen LogP) is 0.462. The lowest BCUT2D eigenvalue weighted by Gasteiger charge is -2.30. The number of amides is 2. The van der Waals surface area contributed by atoms with Crippen LogP contribution in [-0.2, 0) is 4.79 Å². The maximum Gasteiger partial charge on any atom is 0.320 e. The van der Waals surface area contributed by atoms with Gasteiger partial charge in [-0.15, -0.1) is 0 Å². The van der Waals surface area contributed by atoms with Crippen LogP contribution in [0, 0.1) is 11.8 Å². The number of hydrogen-bond donors (Lipinski definition) is 2. The molecule has 1 saturated heterocycles. The molecule has 1 rings (SSSR count). The van der Waals surface area contributed by atoms with Crippen molar-refractivity contribution in [3.8, 4) is 0 Å². The van der Waals surface area contributed by atoms with E-state index in [9.17, 15) is 14.7 Å². The molecule has 0 radical (unpaired) electrons. The quantitative estimate of drug-likeness (QED) is 0.767. The molecule has 0 aliphatic carbocycles. The molecule has 0 aromatic heterocycles. The zero-order chi connectivity index (χ0) is 13.9. The molecule has 18 heavy (non-hydrogen) atoms. The summed E-state index contributed by atoms with van der Waals surface area (Å²) in [6, 6.07) is -0.355. The first-order valence-electron chi connectivity index (χ1n) is 6.23. The van der Waals surface area contributed by atoms with Gasteiger partial charge in [-0.05, 0) is 12.3 Å². The summed E-state index contributed by atoms with van der Waals surface area (Å²) in [6.45, 7) is 4.33. The van der Waals surface area contributed by atoms with E-state index in [2.05, 4.69) is 0 Å². The predicted molar refractivity (Wildman–Crippen MR) is 66.2 cm³/mol. The van der Waals surface area contributed by atoms with Gasteiger partial charge in [-0.3, -0.25) is 4.79 Å². The van der Waals surface area contributed by atoms with Gasteiger partial charge < -0.3 is 20.0 Å². The number of carbonyl (C=O) groups is 2. The van der Waals surface area contributed by atoms with Gasteiger partial charge in [0.05, 0.1) is 18.6 Å². The lowest BCUT2D eigenvalue weighted by molar-refractivity contribution is -0.141. The molecule has 1 fully saturated rings. The lowest BCUT2D eigenvalue weighted by atomic mass is 10.0. The van der Waals surface area contributed by atoms with Crippen molar-refractivity contribution in [3.63, 3.8) is 0 Å². The summed E-state index contributed by atoms with van der Waals surface area (Å²) in [6.07, 6.45) is 0.874. The first-order chi connectivity index (χ1) is 8.38. The second kappa shape index (κ2) is 6.04. The van der Waals surface area contributed by atoms with E-state index in [0.717, 1.165) is 6.42 Å². The van der Waals surface area contributed by atoms with E-state index in [1.807, 2.05) is 6.92 Å². The molecule has 1 aliphatic rings. The number of urea groups is 1. The van der Waals surface area contributed by atoms with Gasteiger partial charge in [-0.25, -0.2) is 4.79 Å². The van der Waals surface area contributed by atoms with E-state index >= 15 is 0 Å². The minimum absolute atomic E-state index is 0.0464. The monoisotopic (exact) mass is 258 g/mol. The lowest BCUT2D eigenvalue weighted by Crippen LogP contribution is -2.47. The highest BCUT2D eigenvalue weighted by Crippen LogP contribution is 2.24. The number of aliphatic hydroxyl groups excluding tert-OH is 1. The smallest absolute Gasteiger partial charge is 0.320 e. The summed E-state index contributed by atoms with van der Waals surface area (Å²) >= 11 is 0. The van der Waals surface area contributed by atoms with Crippen molar-refractivity contribution in [2.45, 2.75) is 26.3 Å². The minimum atomic E-state index is -0.914. The molecule has 6 nitrogen and oxygen atoms in total. The third-order valence-corrected chi connectivity index (χ3v) is 3.61. The van der Waals surface area contributed by atoms with Gasteiger partial charge in [0.2, 0.25) is 0 Å². The molecule has 1 aliphatic heterocycles. The summed E-state index contributed by atoms with van der Waals surface area (Å²) in [4.78, 5) is 26.0. The number of rotatable bonds is 4. The first kappa shape index (κ1) is 14.8. The summed E-state index contributed by atoms with van der Waals surface area (Å²) in [5.74, 6) is -1.22. The number of carbonyl (C=O) groups excluding carboxylic acids is 1. The summed E-state index contributed by atoms with van der Waals surface area (Å²) in [5, 5.41) is 18.1. The highest BCUT2D eigenvalue weighted by molar-refractivity contribution is 5.76. The van der Waals surface area contributed by atoms with Crippen LogP contribution in [0.5, 0.6) is 0 Å². The highest BCUT2D eigenvalue weighted by atomic mass is 16.4. The molecule has 2 amide bonds. The fraction of sp³-hybridized carbons (Fsp3) is 0.833. The van der Waals surface area contributed by atoms with Gasteiger partial charge >= 0.3 is 12.0 Å². The average molecular weight is 258 g/mol. The van der Waals surface area contributed by atoms with E-state index in [1.54, 1.807) is 18.9 Å². The van der Waals surface area contributed by atoms with E-state index in [4.69, 9.17) is 5.11 Å². The van der Waals surface area contributed by atoms with Crippen LogP contribution in [0.15, 0.2) is 0 Å². The Balaban J connectivity index is 2.61. The Kier molecular flexibility index (Phi) is 4.95. The first-order valence-corrected chi connectivity index (χ1v) is 6.23. The van der Waals surface area contributed by atoms with Gasteiger partial charge in [0.1, 0.15) is 0 Å². The number of nitrogens with zero attached hydrogens (tertiary/aromatic N) is 2. The van der Waals surface area contributed by atoms with Gasteiger partial charge in [0.15, 0.2) is 0 Å². The summed E-state index contributed by atoms with van der Waals surface area (Å²) < 4.78 is 0. The molecule has 0 saturated carbocycles. The Morgan fingerprint density at radius 1 is 1.50 bits per heavy atom. The van der Waals surface area contributed by atoms with Crippen LogP contribution >= 0.6 is 0 Å². The zero-order valence-electron chi connectivity index (χ0n) is 11.2. The third kappa shape index (κ3) is 3.13. The van der Waals surface area contributed by atoms with Crippen LogP contribution in [0.4, 0.5) is 4.79 Å². The van der Waals surface area contributed by atoms with Crippen LogP contribution in [0.1, 0.15) is 20.3 Å². The Morgan fingerprint density at radius 3 is 2.61 bits per heavy atom. The van der Waals surface area contributed by atoms with E-state index < -0.39 is 11.9 Å². The fourth-order valence-electron chi connectivity index (χ4n) is 2.31. The minimum Gasteiger partial charge on any atom is -0.481 e. The molecule has 3 unspecified atom stereocenters. The molecular formula is C12H22N2O4. The SMILES string of the molecule is CC(CN(C)C(=O)N1CCC(C)C1CO)C(=O)O. The number of aliphatic carboxylic acids is 1. The van der Waals surface area contributed by atoms with Crippen molar-refractivity contribution < 1.29 is 19.8 Å². The third-order valence-electron chi connectivity index (χ3n) is 3.61. The number of likely N-dealkylation sites (tertiary alicyclic amines) is 1. The largest absolute Gasteiger partial charge is 0.481 e. The molecule has 6 heteroatoms. The molecule has 3 atom stereocenters. The number of carboxylic acids is 1. The van der Waals surface area contributed by atoms with Crippen molar-refractivity contribution in [1.29, 1.82) is 0 Å². The zero-order valence-corrected chi connectivity index (χ0v) is 11.2. The van der Waals surface area contributed by atoms with Crippen molar-refractivity contribution >= 4 is 12.0 Å². The van der Waals surface area contributed by atoms with Gasteiger partial charge in [0, 0.05) is 20.1 Å². The van der Waals surface area contributed by atoms with Crippen molar-refractivity contribution in [3.05, 3.63) is 0 Å². The molecule has 0 bridgehead atoms. The van der Waals surface area contributed by atoms with Crippen molar-refractivity contribution in [2.75, 3.05) is 26.7 Å². The van der Waals surface area contributed by atoms with Crippen LogP contribution in [-0.4, -0.2) is 64.8 Å². The van der Waals surface area contributed by atoms with Crippen molar-refractivity contribution in [2.24, 2.45) is 11.8 Å². The highest BCUT2D eigenvalue weighted by Gasteiger charge is 2.35. The number of hydrogen-bond acceptors (Lipinski definition) is 3. The Bertz CT molecular complexity index is 321. The fourth-order valence-corrected chi connectivity index (χ4v) is 2.31. The average Bonchev–Trinajstić information content (AvgIpc) is 2.68. The molecule has 1 heterocycles. The summed E-state index contributed by atoms with van der Waals surface area (Å²) in [5.41, 5.74) is 0. The molecular weight excluding hydrogens is 236 g/mol. The Labute approximate surface area is 107 Å². The van der Waals surface area contributed by atoms with Gasteiger partial charge in [0.25, 0.3) is 0 Å². The molecule has 0 aromatic rings. The molecule has 0 aromatic carbocycles. The number of carboxylic acid groups (broad SMARTS) is 1. The number of aliphatic hydroxyl groups is 1. The molecule has 104 valence electrons. The van der Waals surface area contributed by atoms with Gasteiger partial charge in [-0.1, -0.05) is 13.8 Å². The molecule has 0 spiro atoms. The molecule has 2 N–H and O–H groups in total. The maximum absolute atomic E-state index is 12.2. The van der Waals surface area contributed by atoms with E-state index in [1.165, 1.54) is 4.90 Å². The van der Waals surface area contributed by atoms with Crippen LogP contribution in [0.3, 0.4) is 0 Å².